The normalized spacial score (nSPS) is 10.6. The number of pyridine rings is 1. The highest BCUT2D eigenvalue weighted by molar-refractivity contribution is 7.79. The van der Waals surface area contributed by atoms with Crippen LogP contribution in [0.2, 0.25) is 0 Å². The largest absolute Gasteiger partial charge is 0.726 e. The Morgan fingerprint density at radius 1 is 0.825 bits per heavy atom. The molecule has 208 valence electrons. The summed E-state index contributed by atoms with van der Waals surface area (Å²) in [6.07, 6.45) is 3.70. The first-order valence-corrected chi connectivity index (χ1v) is 12.8. The first-order chi connectivity index (χ1) is 18.8. The molecule has 0 fully saturated rings. The van der Waals surface area contributed by atoms with Gasteiger partial charge in [0, 0.05) is 36.7 Å². The van der Waals surface area contributed by atoms with Crippen LogP contribution in [0.3, 0.4) is 0 Å². The fraction of sp³-hybridized carbons (Fsp3) is 0.120. The summed E-state index contributed by atoms with van der Waals surface area (Å²) in [4.78, 5) is 38.2. The molecule has 0 radical (unpaired) electrons. The van der Waals surface area contributed by atoms with Crippen molar-refractivity contribution < 1.29 is 36.8 Å². The molecule has 4 aromatic rings. The van der Waals surface area contributed by atoms with Crippen LogP contribution in [0.1, 0.15) is 27.6 Å². The molecule has 0 unspecified atom stereocenters. The average Bonchev–Trinajstić information content (AvgIpc) is 2.88. The van der Waals surface area contributed by atoms with Gasteiger partial charge in [0.15, 0.2) is 5.78 Å². The van der Waals surface area contributed by atoms with Gasteiger partial charge in [0.1, 0.15) is 0 Å². The molecule has 0 aliphatic rings. The summed E-state index contributed by atoms with van der Waals surface area (Å²) in [7, 11) is -1.00. The summed E-state index contributed by atoms with van der Waals surface area (Å²) in [6, 6.07) is 17.2. The van der Waals surface area contributed by atoms with Crippen LogP contribution >= 0.6 is 0 Å². The van der Waals surface area contributed by atoms with Crippen molar-refractivity contribution in [1.29, 1.82) is 0 Å². The van der Waals surface area contributed by atoms with Crippen molar-refractivity contribution >= 4 is 51.1 Å². The van der Waals surface area contributed by atoms with Crippen LogP contribution < -0.4 is 20.1 Å². The predicted molar refractivity (Wildman–Crippen MR) is 144 cm³/mol. The van der Waals surface area contributed by atoms with E-state index < -0.39 is 16.4 Å². The van der Waals surface area contributed by atoms with Crippen LogP contribution in [0.4, 0.5) is 29.0 Å². The minimum Gasteiger partial charge on any atom is -0.726 e. The van der Waals surface area contributed by atoms with Crippen LogP contribution in [0.25, 0.3) is 5.95 Å². The maximum Gasteiger partial charge on any atom is 0.444 e. The number of carbonyl (C=O) groups is 2. The molecule has 0 spiro atoms. The third-order valence-electron chi connectivity index (χ3n) is 5.12. The molecule has 0 amide bonds. The van der Waals surface area contributed by atoms with E-state index in [9.17, 15) is 9.59 Å². The lowest BCUT2D eigenvalue weighted by atomic mass is 10.1. The Bertz CT molecular complexity index is 1510. The van der Waals surface area contributed by atoms with E-state index in [1.165, 1.54) is 19.1 Å². The first-order valence-electron chi connectivity index (χ1n) is 11.4. The second-order valence-electron chi connectivity index (χ2n) is 8.33. The van der Waals surface area contributed by atoms with Crippen molar-refractivity contribution in [2.75, 3.05) is 29.6 Å². The minimum atomic E-state index is -4.92. The summed E-state index contributed by atoms with van der Waals surface area (Å²) in [5, 5.41) is 15.4. The molecular weight excluding hydrogens is 542 g/mol. The molecule has 14 nitrogen and oxygen atoms in total. The fourth-order valence-electron chi connectivity index (χ4n) is 3.18. The number of aromatic carboxylic acids is 1. The molecule has 0 saturated heterocycles. The lowest BCUT2D eigenvalue weighted by Gasteiger charge is -2.11. The number of benzene rings is 2. The second kappa shape index (κ2) is 12.7. The Kier molecular flexibility index (Phi) is 9.39. The maximum atomic E-state index is 11.6. The number of anilines is 5. The zero-order valence-electron chi connectivity index (χ0n) is 21.5. The van der Waals surface area contributed by atoms with E-state index in [-0.39, 0.29) is 17.3 Å². The molecule has 0 aliphatic heterocycles. The number of ketones is 1. The highest BCUT2D eigenvalue weighted by atomic mass is 32.3. The van der Waals surface area contributed by atoms with Crippen LogP contribution in [0.15, 0.2) is 73.1 Å². The maximum absolute atomic E-state index is 11.6. The summed E-state index contributed by atoms with van der Waals surface area (Å²) in [6.45, 7) is 1.51. The average molecular weight is 568 g/mol. The lowest BCUT2D eigenvalue weighted by Crippen LogP contribution is -2.33. The van der Waals surface area contributed by atoms with Gasteiger partial charge in [0.2, 0.25) is 10.4 Å². The number of nitrogens with one attached hydrogen (secondary N) is 2. The quantitative estimate of drug-likeness (QED) is 0.105. The van der Waals surface area contributed by atoms with Gasteiger partial charge in [0.05, 0.1) is 18.0 Å². The summed E-state index contributed by atoms with van der Waals surface area (Å²) < 4.78 is 34.6. The third kappa shape index (κ3) is 9.09. The zero-order valence-corrected chi connectivity index (χ0v) is 22.3. The summed E-state index contributed by atoms with van der Waals surface area (Å²) in [5.74, 6) is -0.0850. The molecule has 0 atom stereocenters. The number of aromatic nitrogens is 4. The molecule has 4 rings (SSSR count). The van der Waals surface area contributed by atoms with Crippen molar-refractivity contribution in [2.45, 2.75) is 6.92 Å². The van der Waals surface area contributed by atoms with Crippen LogP contribution in [0, 0.1) is 0 Å². The Morgan fingerprint density at radius 2 is 1.25 bits per heavy atom. The fourth-order valence-corrected chi connectivity index (χ4v) is 3.18. The van der Waals surface area contributed by atoms with Crippen molar-refractivity contribution in [3.8, 4) is 5.95 Å². The molecular formula is C25H25N7O7S. The number of Topliss-reactive ketones (excluding diaryl/α,β-unsaturated/α-hetero) is 1. The van der Waals surface area contributed by atoms with Crippen LogP contribution in [0.5, 0.6) is 0 Å². The van der Waals surface area contributed by atoms with Gasteiger partial charge in [-0.2, -0.15) is 0 Å². The van der Waals surface area contributed by atoms with Gasteiger partial charge < -0.3 is 25.2 Å². The zero-order chi connectivity index (χ0) is 29.4. The highest BCUT2D eigenvalue weighted by Gasteiger charge is 2.19. The smallest absolute Gasteiger partial charge is 0.444 e. The first kappa shape index (κ1) is 29.6. The van der Waals surface area contributed by atoms with Crippen molar-refractivity contribution in [2.24, 2.45) is 0 Å². The van der Waals surface area contributed by atoms with E-state index >= 15 is 0 Å². The van der Waals surface area contributed by atoms with Gasteiger partial charge in [-0.25, -0.2) is 17.8 Å². The Morgan fingerprint density at radius 3 is 1.62 bits per heavy atom. The minimum absolute atomic E-state index is 0.0167. The van der Waals surface area contributed by atoms with E-state index in [0.29, 0.717) is 28.8 Å². The van der Waals surface area contributed by atoms with Crippen LogP contribution in [-0.4, -0.2) is 63.4 Å². The number of carboxylic acid groups (broad SMARTS) is 1. The van der Waals surface area contributed by atoms with Crippen molar-refractivity contribution in [3.63, 3.8) is 0 Å². The number of hydrogen-bond acceptors (Lipinski definition) is 11. The summed E-state index contributed by atoms with van der Waals surface area (Å²) in [5.41, 5.74) is 3.14. The molecule has 40 heavy (non-hydrogen) atoms. The highest BCUT2D eigenvalue weighted by Crippen LogP contribution is 2.19. The van der Waals surface area contributed by atoms with E-state index in [1.54, 1.807) is 41.0 Å². The third-order valence-corrected chi connectivity index (χ3v) is 5.12. The van der Waals surface area contributed by atoms with E-state index in [0.717, 1.165) is 5.69 Å². The summed E-state index contributed by atoms with van der Waals surface area (Å²) >= 11 is 0. The molecule has 2 aromatic carbocycles. The number of hydrogen-bond donors (Lipinski definition) is 4. The van der Waals surface area contributed by atoms with Gasteiger partial charge in [-0.05, 0) is 77.6 Å². The standard InChI is InChI=1S/C25H23N7O3.H2O4S/c1-16(33)17-4-8-19(9-5-17)26-23-28-24(27-20-10-6-18(7-11-20)22(34)35)30-25(29-23)32-14-12-21(13-15-32)31(2)3;1-5(2,3)4/h4-15H,1-3H3,(H2-,26,27,28,29,30,33,34,35);(H2,1,2,3,4). The molecule has 0 aliphatic carbocycles. The van der Waals surface area contributed by atoms with Crippen molar-refractivity contribution in [1.82, 2.24) is 15.0 Å². The Balaban J connectivity index is 0.000000810. The molecule has 2 aromatic heterocycles. The lowest BCUT2D eigenvalue weighted by molar-refractivity contribution is -0.603. The van der Waals surface area contributed by atoms with Gasteiger partial charge in [-0.15, -0.1) is 4.98 Å². The number of nitrogens with zero attached hydrogens (tertiary/aromatic N) is 5. The van der Waals surface area contributed by atoms with E-state index in [1.807, 2.05) is 43.5 Å². The SMILES string of the molecule is CC(=O)c1ccc(Nc2nc(Nc3ccc(C(=O)O)cc3)nc(-[n+]3ccc(N(C)C)cc3)n2)cc1.O=S(=O)([O-])O. The predicted octanol–water partition coefficient (Wildman–Crippen LogP) is 2.61. The topological polar surface area (TPSA) is 202 Å². The van der Waals surface area contributed by atoms with Gasteiger partial charge >= 0.3 is 23.8 Å². The van der Waals surface area contributed by atoms with E-state index in [4.69, 9.17) is 22.6 Å². The molecule has 2 heterocycles. The molecule has 4 N–H and O–H groups in total. The second-order valence-corrected chi connectivity index (χ2v) is 9.19. The van der Waals surface area contributed by atoms with E-state index in [2.05, 4.69) is 25.6 Å². The monoisotopic (exact) mass is 567 g/mol. The Hall–Kier alpha value is -4.99. The molecule has 0 saturated carbocycles. The van der Waals surface area contributed by atoms with Gasteiger partial charge in [-0.1, -0.05) is 0 Å². The van der Waals surface area contributed by atoms with Crippen molar-refractivity contribution in [3.05, 3.63) is 84.2 Å². The van der Waals surface area contributed by atoms with Gasteiger partial charge in [-0.3, -0.25) is 9.35 Å². The number of carbonyl (C=O) groups excluding carboxylic acids is 1. The number of rotatable bonds is 8. The number of carboxylic acids is 1. The Labute approximate surface area is 229 Å². The van der Waals surface area contributed by atoms with Crippen LogP contribution in [-0.2, 0) is 10.4 Å². The van der Waals surface area contributed by atoms with Gasteiger partial charge in [0.25, 0.3) is 0 Å². The molecule has 15 heteroatoms. The molecule has 0 bridgehead atoms.